The first-order chi connectivity index (χ1) is 16.7. The fourth-order valence-electron chi connectivity index (χ4n) is 4.96. The van der Waals surface area contributed by atoms with Crippen molar-refractivity contribution in [2.45, 2.75) is 76.4 Å². The molecule has 4 rings (SSSR count). The van der Waals surface area contributed by atoms with E-state index in [0.717, 1.165) is 0 Å². The van der Waals surface area contributed by atoms with Gasteiger partial charge in [-0.3, -0.25) is 23.9 Å². The minimum atomic E-state index is -5.07. The van der Waals surface area contributed by atoms with Crippen LogP contribution in [0.25, 0.3) is 0 Å². The van der Waals surface area contributed by atoms with Crippen LogP contribution in [0.4, 0.5) is 22.0 Å². The van der Waals surface area contributed by atoms with Crippen LogP contribution in [0.1, 0.15) is 46.0 Å². The van der Waals surface area contributed by atoms with Crippen LogP contribution in [0.5, 0.6) is 0 Å². The molecule has 0 aromatic rings. The molecule has 14 heteroatoms. The molecule has 0 radical (unpaired) electrons. The van der Waals surface area contributed by atoms with Crippen molar-refractivity contribution >= 4 is 23.5 Å². The average Bonchev–Trinajstić information content (AvgIpc) is 3.44. The molecule has 9 nitrogen and oxygen atoms in total. The van der Waals surface area contributed by atoms with Crippen LogP contribution in [0.2, 0.25) is 0 Å². The van der Waals surface area contributed by atoms with Crippen molar-refractivity contribution in [1.82, 2.24) is 16.0 Å². The van der Waals surface area contributed by atoms with Gasteiger partial charge in [-0.05, 0) is 38.0 Å². The van der Waals surface area contributed by atoms with Gasteiger partial charge in [-0.25, -0.2) is 8.78 Å². The molecule has 3 N–H and O–H groups in total. The summed E-state index contributed by atoms with van der Waals surface area (Å²) in [4.78, 5) is 50.4. The highest BCUT2D eigenvalue weighted by molar-refractivity contribution is 5.95. The number of fused-ring (bicyclic) bond motifs is 1. The van der Waals surface area contributed by atoms with Gasteiger partial charge >= 0.3 is 6.36 Å². The summed E-state index contributed by atoms with van der Waals surface area (Å²) >= 11 is 0. The van der Waals surface area contributed by atoms with Gasteiger partial charge in [0.25, 0.3) is 5.91 Å². The Labute approximate surface area is 204 Å². The molecular weight excluding hydrogens is 497 g/mol. The van der Waals surface area contributed by atoms with E-state index in [2.05, 4.69) is 20.7 Å². The molecule has 3 aliphatic heterocycles. The summed E-state index contributed by atoms with van der Waals surface area (Å²) in [6.07, 6.45) is -7.93. The van der Waals surface area contributed by atoms with Crippen molar-refractivity contribution in [3.05, 3.63) is 0 Å². The topological polar surface area (TPSA) is 123 Å². The number of hydrogen-bond acceptors (Lipinski definition) is 6. The number of rotatable bonds is 12. The monoisotopic (exact) mass is 527 g/mol. The maximum Gasteiger partial charge on any atom is 0.522 e. The zero-order chi connectivity index (χ0) is 26.9. The average molecular weight is 527 g/mol. The van der Waals surface area contributed by atoms with Crippen LogP contribution >= 0.6 is 0 Å². The van der Waals surface area contributed by atoms with Gasteiger partial charge in [-0.15, -0.1) is 13.2 Å². The molecule has 1 aliphatic carbocycles. The van der Waals surface area contributed by atoms with Crippen molar-refractivity contribution in [1.29, 1.82) is 0 Å². The zero-order valence-electron chi connectivity index (χ0n) is 19.9. The fourth-order valence-corrected chi connectivity index (χ4v) is 4.96. The second-order valence-electron chi connectivity index (χ2n) is 10.2. The number of carbonyl (C=O) groups is 4. The molecular formula is C22H30F5N3O6. The third kappa shape index (κ3) is 6.31. The highest BCUT2D eigenvalue weighted by Gasteiger charge is 2.70. The molecule has 36 heavy (non-hydrogen) atoms. The molecule has 3 heterocycles. The van der Waals surface area contributed by atoms with Gasteiger partial charge in [0.2, 0.25) is 18.2 Å². The Bertz CT molecular complexity index is 875. The van der Waals surface area contributed by atoms with Crippen molar-refractivity contribution in [3.8, 4) is 0 Å². The first-order valence-corrected chi connectivity index (χ1v) is 11.7. The normalized spacial score (nSPS) is 29.0. The van der Waals surface area contributed by atoms with Gasteiger partial charge in [0.1, 0.15) is 18.2 Å². The van der Waals surface area contributed by atoms with Crippen molar-refractivity contribution in [2.24, 2.45) is 17.3 Å². The lowest BCUT2D eigenvalue weighted by molar-refractivity contribution is -0.321. The Hall–Kier alpha value is -2.35. The molecule has 3 amide bonds. The molecule has 3 saturated heterocycles. The lowest BCUT2D eigenvalue weighted by atomic mass is 9.62. The summed E-state index contributed by atoms with van der Waals surface area (Å²) < 4.78 is 72.9. The predicted octanol–water partition coefficient (Wildman–Crippen LogP) is 1.45. The molecule has 0 aromatic carbocycles. The maximum atomic E-state index is 13.3. The standard InChI is InChI=1S/C22H30F5N3O6/c1-11(2)5-14(30-19(34)21-8-20(9-21,10-36-21)18(23)24)17(33)29-13(6-12-3-4-28-16(12)32)15(31)7-35-22(25,26)27/h11-14,18H,3-10H2,1-2H3,(H,28,32)(H,29,33)(H,30,34)/t12-,13-,14-,20?,21?/m0/s1. The first-order valence-electron chi connectivity index (χ1n) is 11.7. The number of nitrogens with one attached hydrogen (secondary N) is 3. The van der Waals surface area contributed by atoms with Crippen LogP contribution in [0, 0.1) is 17.3 Å². The molecule has 2 bridgehead atoms. The number of amides is 3. The second kappa shape index (κ2) is 10.6. The number of ether oxygens (including phenoxy) is 2. The Balaban J connectivity index is 1.69. The van der Waals surface area contributed by atoms with E-state index < -0.39 is 71.9 Å². The minimum absolute atomic E-state index is 0.0948. The quantitative estimate of drug-likeness (QED) is 0.330. The van der Waals surface area contributed by atoms with Crippen LogP contribution in [-0.2, 0) is 28.7 Å². The molecule has 204 valence electrons. The van der Waals surface area contributed by atoms with Crippen molar-refractivity contribution < 1.29 is 50.6 Å². The number of halogens is 5. The van der Waals surface area contributed by atoms with E-state index in [1.807, 2.05) is 0 Å². The largest absolute Gasteiger partial charge is 0.522 e. The third-order valence-corrected chi connectivity index (χ3v) is 6.88. The van der Waals surface area contributed by atoms with Gasteiger partial charge in [-0.1, -0.05) is 13.8 Å². The minimum Gasteiger partial charge on any atom is -0.364 e. The van der Waals surface area contributed by atoms with E-state index >= 15 is 0 Å². The second-order valence-corrected chi connectivity index (χ2v) is 10.2. The Morgan fingerprint density at radius 3 is 2.33 bits per heavy atom. The lowest BCUT2D eigenvalue weighted by Gasteiger charge is -2.43. The number of alkyl halides is 5. The Morgan fingerprint density at radius 1 is 1.17 bits per heavy atom. The summed E-state index contributed by atoms with van der Waals surface area (Å²) in [5.74, 6) is -3.91. The summed E-state index contributed by atoms with van der Waals surface area (Å²) in [6.45, 7) is 2.19. The molecule has 4 aliphatic rings. The smallest absolute Gasteiger partial charge is 0.364 e. The van der Waals surface area contributed by atoms with Crippen LogP contribution in [-0.4, -0.2) is 73.7 Å². The van der Waals surface area contributed by atoms with E-state index in [1.165, 1.54) is 0 Å². The molecule has 4 fully saturated rings. The number of hydrogen-bond donors (Lipinski definition) is 3. The summed E-state index contributed by atoms with van der Waals surface area (Å²) in [6, 6.07) is -2.69. The number of ketones is 1. The highest BCUT2D eigenvalue weighted by atomic mass is 19.4. The van der Waals surface area contributed by atoms with E-state index in [0.29, 0.717) is 13.0 Å². The van der Waals surface area contributed by atoms with Gasteiger partial charge in [-0.2, -0.15) is 0 Å². The predicted molar refractivity (Wildman–Crippen MR) is 112 cm³/mol. The Kier molecular flexibility index (Phi) is 8.28. The molecule has 0 aromatic heterocycles. The summed E-state index contributed by atoms with van der Waals surface area (Å²) in [5.41, 5.74) is -2.85. The van der Waals surface area contributed by atoms with Crippen LogP contribution < -0.4 is 16.0 Å². The molecule has 0 spiro atoms. The van der Waals surface area contributed by atoms with E-state index in [1.54, 1.807) is 13.8 Å². The third-order valence-electron chi connectivity index (χ3n) is 6.88. The number of carbonyl (C=O) groups excluding carboxylic acids is 4. The van der Waals surface area contributed by atoms with Gasteiger partial charge in [0.15, 0.2) is 5.78 Å². The van der Waals surface area contributed by atoms with Gasteiger partial charge < -0.3 is 20.7 Å². The summed E-state index contributed by atoms with van der Waals surface area (Å²) in [5, 5.41) is 7.42. The molecule has 1 saturated carbocycles. The molecule has 3 atom stereocenters. The maximum absolute atomic E-state index is 13.3. The van der Waals surface area contributed by atoms with E-state index in [-0.39, 0.29) is 38.2 Å². The first kappa shape index (κ1) is 28.2. The van der Waals surface area contributed by atoms with Crippen molar-refractivity contribution in [3.63, 3.8) is 0 Å². The van der Waals surface area contributed by atoms with E-state index in [9.17, 15) is 41.1 Å². The van der Waals surface area contributed by atoms with Crippen LogP contribution in [0.3, 0.4) is 0 Å². The van der Waals surface area contributed by atoms with E-state index in [4.69, 9.17) is 4.74 Å². The number of Topliss-reactive ketones (excluding diaryl/α,β-unsaturated/α-hetero) is 1. The van der Waals surface area contributed by atoms with Crippen molar-refractivity contribution in [2.75, 3.05) is 19.8 Å². The highest BCUT2D eigenvalue weighted by Crippen LogP contribution is 2.60. The Morgan fingerprint density at radius 2 is 1.83 bits per heavy atom. The van der Waals surface area contributed by atoms with Crippen LogP contribution in [0.15, 0.2) is 0 Å². The lowest BCUT2D eigenvalue weighted by Crippen LogP contribution is -2.61. The fraction of sp³-hybridized carbons (Fsp3) is 0.818. The van der Waals surface area contributed by atoms with Gasteiger partial charge in [0.05, 0.1) is 18.1 Å². The molecule has 0 unspecified atom stereocenters. The SMILES string of the molecule is CC(C)C[C@H](NC(=O)C12CC(C(F)F)(CO1)C2)C(=O)N[C@@H](C[C@@H]1CCNC1=O)C(=O)COC(F)(F)F. The summed E-state index contributed by atoms with van der Waals surface area (Å²) in [7, 11) is 0. The zero-order valence-corrected chi connectivity index (χ0v) is 19.9. The van der Waals surface area contributed by atoms with Gasteiger partial charge in [0, 0.05) is 12.5 Å².